The maximum absolute atomic E-state index is 13.1. The molecule has 1 aliphatic rings. The monoisotopic (exact) mass is 456 g/mol. The Labute approximate surface area is 185 Å². The molecule has 2 aromatic carbocycles. The number of halogens is 1. The predicted molar refractivity (Wildman–Crippen MR) is 124 cm³/mol. The normalized spacial score (nSPS) is 14.0. The van der Waals surface area contributed by atoms with Crippen molar-refractivity contribution in [2.45, 2.75) is 19.8 Å². The summed E-state index contributed by atoms with van der Waals surface area (Å²) in [6.07, 6.45) is 5.12. The summed E-state index contributed by atoms with van der Waals surface area (Å²) in [5.74, 6) is 0.906. The lowest BCUT2D eigenvalue weighted by Gasteiger charge is -2.17. The van der Waals surface area contributed by atoms with E-state index in [1.807, 2.05) is 18.2 Å². The second-order valence-electron chi connectivity index (χ2n) is 7.02. The maximum atomic E-state index is 13.1. The van der Waals surface area contributed by atoms with Crippen LogP contribution in [0.4, 0.5) is 17.3 Å². The van der Waals surface area contributed by atoms with Crippen LogP contribution in [0.25, 0.3) is 11.0 Å². The van der Waals surface area contributed by atoms with Gasteiger partial charge >= 0.3 is 0 Å². The standard InChI is InChI=1S/C22H21ClN4O3S/c1-14-7-3-6-10-20(14)31(28,29)27-22-21(24-17-8-4-5-9-18(17)25-22)26-19-13-15(30-2)11-12-16(19)23/h4-5,7-13H,3,6H2,1-2H3,(H,24,26)(H,25,27). The molecule has 0 amide bonds. The molecule has 0 saturated carbocycles. The van der Waals surface area contributed by atoms with Crippen molar-refractivity contribution in [2.75, 3.05) is 17.1 Å². The van der Waals surface area contributed by atoms with Crippen LogP contribution >= 0.6 is 11.6 Å². The van der Waals surface area contributed by atoms with Gasteiger partial charge in [-0.05, 0) is 49.6 Å². The van der Waals surface area contributed by atoms with E-state index < -0.39 is 10.0 Å². The molecule has 3 aromatic rings. The molecule has 0 aliphatic heterocycles. The predicted octanol–water partition coefficient (Wildman–Crippen LogP) is 5.40. The van der Waals surface area contributed by atoms with Gasteiger partial charge in [0.2, 0.25) is 0 Å². The van der Waals surface area contributed by atoms with Gasteiger partial charge in [0.05, 0.1) is 33.8 Å². The van der Waals surface area contributed by atoms with Gasteiger partial charge in [-0.1, -0.05) is 35.9 Å². The number of benzene rings is 2. The maximum Gasteiger partial charge on any atom is 0.263 e. The Balaban J connectivity index is 1.79. The Morgan fingerprint density at radius 3 is 2.35 bits per heavy atom. The highest BCUT2D eigenvalue weighted by Gasteiger charge is 2.24. The van der Waals surface area contributed by atoms with Crippen molar-refractivity contribution in [3.8, 4) is 5.75 Å². The van der Waals surface area contributed by atoms with Gasteiger partial charge in [-0.3, -0.25) is 4.72 Å². The van der Waals surface area contributed by atoms with Crippen LogP contribution in [0, 0.1) is 0 Å². The Hall–Kier alpha value is -3.10. The number of rotatable bonds is 6. The number of fused-ring (bicyclic) bond motifs is 1. The fourth-order valence-electron chi connectivity index (χ4n) is 3.29. The van der Waals surface area contributed by atoms with Crippen molar-refractivity contribution in [1.29, 1.82) is 0 Å². The molecule has 1 heterocycles. The largest absolute Gasteiger partial charge is 0.497 e. The smallest absolute Gasteiger partial charge is 0.263 e. The Morgan fingerprint density at radius 1 is 1.00 bits per heavy atom. The Morgan fingerprint density at radius 2 is 1.68 bits per heavy atom. The molecule has 4 rings (SSSR count). The van der Waals surface area contributed by atoms with Crippen molar-refractivity contribution in [3.63, 3.8) is 0 Å². The molecule has 0 radical (unpaired) electrons. The number of sulfonamides is 1. The van der Waals surface area contributed by atoms with Gasteiger partial charge in [0, 0.05) is 6.07 Å². The summed E-state index contributed by atoms with van der Waals surface area (Å²) >= 11 is 6.33. The lowest BCUT2D eigenvalue weighted by molar-refractivity contribution is 0.415. The van der Waals surface area contributed by atoms with E-state index in [1.54, 1.807) is 50.4 Å². The van der Waals surface area contributed by atoms with Gasteiger partial charge in [0.15, 0.2) is 11.6 Å². The summed E-state index contributed by atoms with van der Waals surface area (Å²) in [6.45, 7) is 1.78. The van der Waals surface area contributed by atoms with Gasteiger partial charge in [-0.25, -0.2) is 18.4 Å². The first-order chi connectivity index (χ1) is 14.9. The molecule has 9 heteroatoms. The molecule has 0 spiro atoms. The average molecular weight is 457 g/mol. The molecule has 0 atom stereocenters. The lowest BCUT2D eigenvalue weighted by Crippen LogP contribution is -2.19. The molecule has 0 fully saturated rings. The van der Waals surface area contributed by atoms with E-state index in [9.17, 15) is 8.42 Å². The van der Waals surface area contributed by atoms with Gasteiger partial charge < -0.3 is 10.1 Å². The number of nitrogens with one attached hydrogen (secondary N) is 2. The molecular weight excluding hydrogens is 436 g/mol. The van der Waals surface area contributed by atoms with E-state index in [1.165, 1.54) is 0 Å². The van der Waals surface area contributed by atoms with Crippen LogP contribution in [-0.4, -0.2) is 25.5 Å². The summed E-state index contributed by atoms with van der Waals surface area (Å²) in [7, 11) is -2.30. The SMILES string of the molecule is COc1ccc(Cl)c(Nc2nc3ccccc3nc2NS(=O)(=O)C2=CCCC=C2C)c1. The van der Waals surface area contributed by atoms with Crippen molar-refractivity contribution < 1.29 is 13.2 Å². The van der Waals surface area contributed by atoms with Crippen molar-refractivity contribution in [3.05, 3.63) is 70.1 Å². The number of nitrogens with zero attached hydrogens (tertiary/aromatic N) is 2. The number of hydrogen-bond donors (Lipinski definition) is 2. The van der Waals surface area contributed by atoms with Crippen molar-refractivity contribution >= 4 is 50.0 Å². The Kier molecular flexibility index (Phi) is 5.84. The minimum absolute atomic E-state index is 0.0804. The van der Waals surface area contributed by atoms with Crippen LogP contribution in [0.5, 0.6) is 5.75 Å². The van der Waals surface area contributed by atoms with E-state index in [4.69, 9.17) is 16.3 Å². The number of allylic oxidation sites excluding steroid dienone is 3. The van der Waals surface area contributed by atoms with Crippen LogP contribution in [-0.2, 0) is 10.0 Å². The van der Waals surface area contributed by atoms with Gasteiger partial charge in [-0.2, -0.15) is 0 Å². The molecule has 160 valence electrons. The summed E-state index contributed by atoms with van der Waals surface area (Å²) in [5.41, 5.74) is 2.39. The first kappa shape index (κ1) is 21.1. The highest BCUT2D eigenvalue weighted by molar-refractivity contribution is 7.96. The van der Waals surface area contributed by atoms with Crippen molar-refractivity contribution in [1.82, 2.24) is 9.97 Å². The van der Waals surface area contributed by atoms with Crippen LogP contribution < -0.4 is 14.8 Å². The van der Waals surface area contributed by atoms with Gasteiger partial charge in [-0.15, -0.1) is 0 Å². The fourth-order valence-corrected chi connectivity index (χ4v) is 4.81. The number of aromatic nitrogens is 2. The summed E-state index contributed by atoms with van der Waals surface area (Å²) in [4.78, 5) is 9.34. The van der Waals surface area contributed by atoms with E-state index in [0.717, 1.165) is 6.42 Å². The van der Waals surface area contributed by atoms with E-state index in [2.05, 4.69) is 20.0 Å². The lowest BCUT2D eigenvalue weighted by atomic mass is 10.1. The van der Waals surface area contributed by atoms with E-state index >= 15 is 0 Å². The molecule has 1 aromatic heterocycles. The summed E-state index contributed by atoms with van der Waals surface area (Å²) < 4.78 is 34.1. The number of ether oxygens (including phenoxy) is 1. The fraction of sp³-hybridized carbons (Fsp3) is 0.182. The first-order valence-corrected chi connectivity index (χ1v) is 11.5. The highest BCUT2D eigenvalue weighted by Crippen LogP contribution is 2.33. The van der Waals surface area contributed by atoms with E-state index in [0.29, 0.717) is 39.5 Å². The zero-order valence-corrected chi connectivity index (χ0v) is 18.6. The number of hydrogen-bond acceptors (Lipinski definition) is 6. The molecule has 7 nitrogen and oxygen atoms in total. The second kappa shape index (κ2) is 8.56. The summed E-state index contributed by atoms with van der Waals surface area (Å²) in [5, 5.41) is 3.53. The molecule has 0 unspecified atom stereocenters. The molecule has 2 N–H and O–H groups in total. The summed E-state index contributed by atoms with van der Waals surface area (Å²) in [6, 6.07) is 12.3. The number of anilines is 3. The highest BCUT2D eigenvalue weighted by atomic mass is 35.5. The minimum Gasteiger partial charge on any atom is -0.497 e. The van der Waals surface area contributed by atoms with Gasteiger partial charge in [0.1, 0.15) is 5.75 Å². The van der Waals surface area contributed by atoms with Crippen molar-refractivity contribution in [2.24, 2.45) is 0 Å². The molecule has 0 saturated heterocycles. The second-order valence-corrected chi connectivity index (χ2v) is 9.08. The number of methoxy groups -OCH3 is 1. The zero-order chi connectivity index (χ0) is 22.0. The topological polar surface area (TPSA) is 93.2 Å². The van der Waals surface area contributed by atoms with Crippen LogP contribution in [0.2, 0.25) is 5.02 Å². The van der Waals surface area contributed by atoms with Crippen LogP contribution in [0.15, 0.2) is 65.1 Å². The third kappa shape index (κ3) is 4.50. The molecule has 31 heavy (non-hydrogen) atoms. The third-order valence-electron chi connectivity index (χ3n) is 4.85. The number of para-hydroxylation sites is 2. The van der Waals surface area contributed by atoms with Crippen LogP contribution in [0.3, 0.4) is 0 Å². The zero-order valence-electron chi connectivity index (χ0n) is 17.0. The minimum atomic E-state index is -3.85. The van der Waals surface area contributed by atoms with Gasteiger partial charge in [0.25, 0.3) is 10.0 Å². The molecule has 0 bridgehead atoms. The quantitative estimate of drug-likeness (QED) is 0.515. The molecular formula is C22H21ClN4O3S. The average Bonchev–Trinajstić information content (AvgIpc) is 2.75. The third-order valence-corrected chi connectivity index (χ3v) is 6.71. The van der Waals surface area contributed by atoms with E-state index in [-0.39, 0.29) is 16.5 Å². The Bertz CT molecular complexity index is 1320. The molecule has 1 aliphatic carbocycles. The van der Waals surface area contributed by atoms with Crippen LogP contribution in [0.1, 0.15) is 19.8 Å². The first-order valence-electron chi connectivity index (χ1n) is 9.65.